The normalized spacial score (nSPS) is 22.4. The molecule has 0 bridgehead atoms. The van der Waals surface area contributed by atoms with Crippen molar-refractivity contribution >= 4 is 5.97 Å². The van der Waals surface area contributed by atoms with Crippen LogP contribution < -0.4 is 4.74 Å². The molecule has 2 unspecified atom stereocenters. The van der Waals surface area contributed by atoms with Crippen LogP contribution in [0.15, 0.2) is 12.1 Å². The minimum Gasteiger partial charge on any atom is -0.508 e. The Bertz CT molecular complexity index is 531. The van der Waals surface area contributed by atoms with Crippen molar-refractivity contribution in [3.8, 4) is 17.2 Å². The maximum Gasteiger partial charge on any atom is 0.328 e. The highest BCUT2D eigenvalue weighted by Gasteiger charge is 2.37. The molecular formula is C15H21NO5. The lowest BCUT2D eigenvalue weighted by atomic mass is 10.2. The molecule has 0 radical (unpaired) electrons. The SMILES string of the molecule is CCOC1CCC(C(=O)Oc2c(O)ccc(O)c2C)N1C. The van der Waals surface area contributed by atoms with Gasteiger partial charge in [0.2, 0.25) is 0 Å². The first-order chi connectivity index (χ1) is 9.95. The van der Waals surface area contributed by atoms with Gasteiger partial charge in [0, 0.05) is 12.2 Å². The number of hydrogen-bond donors (Lipinski definition) is 2. The van der Waals surface area contributed by atoms with Crippen LogP contribution in [0.5, 0.6) is 17.2 Å². The Morgan fingerprint density at radius 1 is 1.33 bits per heavy atom. The van der Waals surface area contributed by atoms with Gasteiger partial charge in [-0.2, -0.15) is 0 Å². The molecule has 2 atom stereocenters. The van der Waals surface area contributed by atoms with Crippen molar-refractivity contribution in [1.29, 1.82) is 0 Å². The largest absolute Gasteiger partial charge is 0.508 e. The predicted molar refractivity (Wildman–Crippen MR) is 76.3 cm³/mol. The molecule has 6 heteroatoms. The highest BCUT2D eigenvalue weighted by molar-refractivity contribution is 5.80. The molecule has 116 valence electrons. The molecule has 21 heavy (non-hydrogen) atoms. The molecule has 1 aliphatic rings. The van der Waals surface area contributed by atoms with Crippen LogP contribution in [0.4, 0.5) is 0 Å². The molecule has 1 aromatic carbocycles. The average Bonchev–Trinajstić information content (AvgIpc) is 2.81. The minimum atomic E-state index is -0.455. The van der Waals surface area contributed by atoms with Gasteiger partial charge < -0.3 is 19.7 Å². The smallest absolute Gasteiger partial charge is 0.328 e. The number of hydrogen-bond acceptors (Lipinski definition) is 6. The monoisotopic (exact) mass is 295 g/mol. The first-order valence-corrected chi connectivity index (χ1v) is 7.02. The maximum absolute atomic E-state index is 12.3. The van der Waals surface area contributed by atoms with Crippen LogP contribution in [-0.4, -0.2) is 47.0 Å². The average molecular weight is 295 g/mol. The summed E-state index contributed by atoms with van der Waals surface area (Å²) in [5.41, 5.74) is 0.338. The Hall–Kier alpha value is -1.79. The summed E-state index contributed by atoms with van der Waals surface area (Å²) in [5.74, 6) is -0.639. The van der Waals surface area contributed by atoms with Gasteiger partial charge in [-0.1, -0.05) is 0 Å². The highest BCUT2D eigenvalue weighted by atomic mass is 16.5. The van der Waals surface area contributed by atoms with Crippen LogP contribution in [0.25, 0.3) is 0 Å². The van der Waals surface area contributed by atoms with Gasteiger partial charge in [0.05, 0.1) is 0 Å². The van der Waals surface area contributed by atoms with Gasteiger partial charge in [0.25, 0.3) is 0 Å². The van der Waals surface area contributed by atoms with Crippen LogP contribution in [0.2, 0.25) is 0 Å². The van der Waals surface area contributed by atoms with Crippen LogP contribution in [0.1, 0.15) is 25.3 Å². The third kappa shape index (κ3) is 3.11. The Labute approximate surface area is 123 Å². The van der Waals surface area contributed by atoms with Gasteiger partial charge in [0.15, 0.2) is 11.5 Å². The van der Waals surface area contributed by atoms with Crippen LogP contribution in [0, 0.1) is 6.92 Å². The topological polar surface area (TPSA) is 79.2 Å². The quantitative estimate of drug-likeness (QED) is 0.501. The van der Waals surface area contributed by atoms with E-state index in [-0.39, 0.29) is 23.5 Å². The van der Waals surface area contributed by atoms with Crippen molar-refractivity contribution in [2.24, 2.45) is 0 Å². The molecule has 2 N–H and O–H groups in total. The standard InChI is InChI=1S/C15H21NO5/c1-4-20-13-8-5-10(16(13)3)15(19)21-14-9(2)11(17)6-7-12(14)18/h6-7,10,13,17-18H,4-5,8H2,1-3H3. The second-order valence-corrected chi connectivity index (χ2v) is 5.15. The number of carbonyl (C=O) groups excluding carboxylic acids is 1. The molecule has 1 heterocycles. The number of aromatic hydroxyl groups is 2. The van der Waals surface area contributed by atoms with E-state index in [9.17, 15) is 15.0 Å². The third-order valence-electron chi connectivity index (χ3n) is 3.82. The molecule has 0 aromatic heterocycles. The summed E-state index contributed by atoms with van der Waals surface area (Å²) in [7, 11) is 1.81. The molecule has 0 saturated carbocycles. The maximum atomic E-state index is 12.3. The number of likely N-dealkylation sites (N-methyl/N-ethyl adjacent to an activating group) is 1. The van der Waals surface area contributed by atoms with Crippen molar-refractivity contribution in [3.63, 3.8) is 0 Å². The van der Waals surface area contributed by atoms with Crippen molar-refractivity contribution in [3.05, 3.63) is 17.7 Å². The number of phenols is 2. The van der Waals surface area contributed by atoms with E-state index in [4.69, 9.17) is 9.47 Å². The number of nitrogens with zero attached hydrogens (tertiary/aromatic N) is 1. The fraction of sp³-hybridized carbons (Fsp3) is 0.533. The van der Waals surface area contributed by atoms with E-state index in [2.05, 4.69) is 0 Å². The number of rotatable bonds is 4. The molecule has 6 nitrogen and oxygen atoms in total. The number of ether oxygens (including phenoxy) is 2. The summed E-state index contributed by atoms with van der Waals surface area (Å²) >= 11 is 0. The zero-order valence-electron chi connectivity index (χ0n) is 12.5. The summed E-state index contributed by atoms with van der Waals surface area (Å²) in [6, 6.07) is 2.24. The molecule has 1 aliphatic heterocycles. The van der Waals surface area contributed by atoms with E-state index >= 15 is 0 Å². The van der Waals surface area contributed by atoms with E-state index in [0.29, 0.717) is 18.6 Å². The summed E-state index contributed by atoms with van der Waals surface area (Å²) < 4.78 is 10.8. The van der Waals surface area contributed by atoms with Gasteiger partial charge in [-0.15, -0.1) is 0 Å². The first-order valence-electron chi connectivity index (χ1n) is 7.02. The molecule has 1 aromatic rings. The Morgan fingerprint density at radius 3 is 2.67 bits per heavy atom. The minimum absolute atomic E-state index is 0.00765. The fourth-order valence-corrected chi connectivity index (χ4v) is 2.55. The summed E-state index contributed by atoms with van der Waals surface area (Å²) in [6.07, 6.45) is 1.31. The van der Waals surface area contributed by atoms with Crippen LogP contribution in [0.3, 0.4) is 0 Å². The Morgan fingerprint density at radius 2 is 2.00 bits per heavy atom. The third-order valence-corrected chi connectivity index (χ3v) is 3.82. The lowest BCUT2D eigenvalue weighted by Crippen LogP contribution is -2.40. The lowest BCUT2D eigenvalue weighted by molar-refractivity contribution is -0.142. The Kier molecular flexibility index (Phi) is 4.69. The number of phenolic OH excluding ortho intramolecular Hbond substituents is 2. The fourth-order valence-electron chi connectivity index (χ4n) is 2.55. The zero-order chi connectivity index (χ0) is 15.6. The number of likely N-dealkylation sites (tertiary alicyclic amines) is 1. The molecule has 1 fully saturated rings. The number of carbonyl (C=O) groups is 1. The van der Waals surface area contributed by atoms with E-state index < -0.39 is 12.0 Å². The molecule has 1 saturated heterocycles. The first kappa shape index (κ1) is 15.6. The van der Waals surface area contributed by atoms with Crippen LogP contribution >= 0.6 is 0 Å². The summed E-state index contributed by atoms with van der Waals surface area (Å²) in [5, 5.41) is 19.4. The second kappa shape index (κ2) is 6.32. The summed E-state index contributed by atoms with van der Waals surface area (Å²) in [6.45, 7) is 4.08. The van der Waals surface area contributed by atoms with E-state index in [1.807, 2.05) is 18.9 Å². The Balaban J connectivity index is 2.11. The number of esters is 1. The summed E-state index contributed by atoms with van der Waals surface area (Å²) in [4.78, 5) is 14.1. The van der Waals surface area contributed by atoms with E-state index in [1.165, 1.54) is 12.1 Å². The molecule has 0 aliphatic carbocycles. The van der Waals surface area contributed by atoms with Gasteiger partial charge in [0.1, 0.15) is 18.0 Å². The highest BCUT2D eigenvalue weighted by Crippen LogP contribution is 2.36. The van der Waals surface area contributed by atoms with Gasteiger partial charge in [-0.25, -0.2) is 4.79 Å². The second-order valence-electron chi connectivity index (χ2n) is 5.15. The zero-order valence-corrected chi connectivity index (χ0v) is 12.5. The van der Waals surface area contributed by atoms with Gasteiger partial charge in [-0.3, -0.25) is 4.90 Å². The van der Waals surface area contributed by atoms with Crippen molar-refractivity contribution in [2.45, 2.75) is 39.0 Å². The van der Waals surface area contributed by atoms with E-state index in [1.54, 1.807) is 6.92 Å². The van der Waals surface area contributed by atoms with Crippen molar-refractivity contribution in [1.82, 2.24) is 4.90 Å². The lowest BCUT2D eigenvalue weighted by Gasteiger charge is -2.24. The van der Waals surface area contributed by atoms with Crippen LogP contribution in [-0.2, 0) is 9.53 Å². The molecule has 2 rings (SSSR count). The van der Waals surface area contributed by atoms with Crippen molar-refractivity contribution in [2.75, 3.05) is 13.7 Å². The van der Waals surface area contributed by atoms with Crippen molar-refractivity contribution < 1.29 is 24.5 Å². The van der Waals surface area contributed by atoms with E-state index in [0.717, 1.165) is 6.42 Å². The van der Waals surface area contributed by atoms with Gasteiger partial charge >= 0.3 is 5.97 Å². The molecule has 0 spiro atoms. The number of benzene rings is 1. The van der Waals surface area contributed by atoms with Gasteiger partial charge in [-0.05, 0) is 45.9 Å². The molecular weight excluding hydrogens is 274 g/mol. The predicted octanol–water partition coefficient (Wildman–Crippen LogP) is 1.77. The molecule has 0 amide bonds.